The maximum Gasteiger partial charge on any atom is 0.243 e. The molecule has 0 unspecified atom stereocenters. The predicted molar refractivity (Wildman–Crippen MR) is 81.9 cm³/mol. The average molecular weight is 279 g/mol. The van der Waals surface area contributed by atoms with Gasteiger partial charge in [0.05, 0.1) is 0 Å². The van der Waals surface area contributed by atoms with Crippen LogP contribution in [0.1, 0.15) is 39.5 Å². The Morgan fingerprint density at radius 3 is 2.55 bits per heavy atom. The summed E-state index contributed by atoms with van der Waals surface area (Å²) in [6.07, 6.45) is 4.67. The zero-order valence-corrected chi connectivity index (χ0v) is 12.5. The second-order valence-corrected chi connectivity index (χ2v) is 5.03. The first-order valence-electron chi connectivity index (χ1n) is 7.51. The van der Waals surface area contributed by atoms with Gasteiger partial charge in [-0.15, -0.1) is 0 Å². The highest BCUT2D eigenvalue weighted by Crippen LogP contribution is 2.20. The predicted octanol–water partition coefficient (Wildman–Crippen LogP) is 1.38. The Bertz CT molecular complexity index is 417. The van der Waals surface area contributed by atoms with Crippen LogP contribution >= 0.6 is 0 Å². The van der Waals surface area contributed by atoms with E-state index in [1.54, 1.807) is 0 Å². The van der Waals surface area contributed by atoms with Gasteiger partial charge in [-0.3, -0.25) is 5.43 Å². The molecule has 1 fully saturated rings. The highest BCUT2D eigenvalue weighted by molar-refractivity contribution is 5.45. The monoisotopic (exact) mass is 279 g/mol. The van der Waals surface area contributed by atoms with Gasteiger partial charge in [-0.05, 0) is 26.2 Å². The lowest BCUT2D eigenvalue weighted by atomic mass is 10.3. The summed E-state index contributed by atoms with van der Waals surface area (Å²) in [4.78, 5) is 17.7. The van der Waals surface area contributed by atoms with E-state index < -0.39 is 0 Å². The van der Waals surface area contributed by atoms with Crippen LogP contribution < -0.4 is 21.1 Å². The zero-order chi connectivity index (χ0) is 14.4. The molecule has 1 aliphatic rings. The van der Waals surface area contributed by atoms with Crippen molar-refractivity contribution in [2.75, 3.05) is 41.4 Å². The molecule has 7 heteroatoms. The smallest absolute Gasteiger partial charge is 0.243 e. The molecule has 1 aliphatic heterocycles. The van der Waals surface area contributed by atoms with Gasteiger partial charge in [0.25, 0.3) is 0 Å². The standard InChI is InChI=1S/C13H25N7/c1-3-5-8-19(4-2)12-15-11(18-14)16-13(17-12)20-9-6-7-10-20/h3-10,14H2,1-2H3,(H,15,16,17,18). The largest absolute Gasteiger partial charge is 0.341 e. The quantitative estimate of drug-likeness (QED) is 0.576. The molecule has 112 valence electrons. The fraction of sp³-hybridized carbons (Fsp3) is 0.769. The first-order valence-corrected chi connectivity index (χ1v) is 7.51. The van der Waals surface area contributed by atoms with Crippen LogP contribution in [0.4, 0.5) is 17.8 Å². The van der Waals surface area contributed by atoms with Crippen LogP contribution in [0.3, 0.4) is 0 Å². The summed E-state index contributed by atoms with van der Waals surface area (Å²) >= 11 is 0. The lowest BCUT2D eigenvalue weighted by Crippen LogP contribution is -2.29. The van der Waals surface area contributed by atoms with Gasteiger partial charge in [0.2, 0.25) is 17.8 Å². The number of nitrogen functional groups attached to an aromatic ring is 1. The molecule has 1 saturated heterocycles. The second-order valence-electron chi connectivity index (χ2n) is 5.03. The first-order chi connectivity index (χ1) is 9.78. The number of hydrogen-bond acceptors (Lipinski definition) is 7. The average Bonchev–Trinajstić information content (AvgIpc) is 3.02. The third-order valence-electron chi connectivity index (χ3n) is 3.58. The molecule has 0 aromatic carbocycles. The van der Waals surface area contributed by atoms with E-state index in [9.17, 15) is 0 Å². The molecule has 2 heterocycles. The third-order valence-corrected chi connectivity index (χ3v) is 3.58. The van der Waals surface area contributed by atoms with Gasteiger partial charge in [-0.1, -0.05) is 13.3 Å². The Hall–Kier alpha value is -1.63. The molecule has 3 N–H and O–H groups in total. The van der Waals surface area contributed by atoms with E-state index in [0.29, 0.717) is 11.9 Å². The normalized spacial score (nSPS) is 14.7. The maximum absolute atomic E-state index is 5.49. The molecule has 0 saturated carbocycles. The van der Waals surface area contributed by atoms with E-state index in [1.807, 2.05) is 0 Å². The second kappa shape index (κ2) is 7.23. The van der Waals surface area contributed by atoms with E-state index in [1.165, 1.54) is 12.8 Å². The summed E-state index contributed by atoms with van der Waals surface area (Å²) in [6, 6.07) is 0. The Labute approximate surface area is 120 Å². The van der Waals surface area contributed by atoms with Crippen LogP contribution in [0.15, 0.2) is 0 Å². The Kier molecular flexibility index (Phi) is 5.34. The number of nitrogens with two attached hydrogens (primary N) is 1. The van der Waals surface area contributed by atoms with Crippen molar-refractivity contribution in [3.8, 4) is 0 Å². The zero-order valence-electron chi connectivity index (χ0n) is 12.5. The first kappa shape index (κ1) is 14.8. The molecule has 20 heavy (non-hydrogen) atoms. The molecule has 0 atom stereocenters. The molecular formula is C13H25N7. The van der Waals surface area contributed by atoms with Crippen molar-refractivity contribution in [1.29, 1.82) is 0 Å². The van der Waals surface area contributed by atoms with Gasteiger partial charge in [0.1, 0.15) is 0 Å². The van der Waals surface area contributed by atoms with Crippen molar-refractivity contribution in [1.82, 2.24) is 15.0 Å². The number of nitrogens with zero attached hydrogens (tertiary/aromatic N) is 5. The van der Waals surface area contributed by atoms with E-state index in [-0.39, 0.29) is 0 Å². The van der Waals surface area contributed by atoms with E-state index >= 15 is 0 Å². The molecular weight excluding hydrogens is 254 g/mol. The molecule has 2 rings (SSSR count). The van der Waals surface area contributed by atoms with Crippen molar-refractivity contribution >= 4 is 17.8 Å². The van der Waals surface area contributed by atoms with Crippen molar-refractivity contribution in [3.05, 3.63) is 0 Å². The number of hydrogen-bond donors (Lipinski definition) is 2. The van der Waals surface area contributed by atoms with Crippen LogP contribution in [0.5, 0.6) is 0 Å². The van der Waals surface area contributed by atoms with Gasteiger partial charge in [0.15, 0.2) is 0 Å². The summed E-state index contributed by atoms with van der Waals surface area (Å²) in [5.74, 6) is 7.37. The summed E-state index contributed by atoms with van der Waals surface area (Å²) in [7, 11) is 0. The fourth-order valence-corrected chi connectivity index (χ4v) is 2.37. The van der Waals surface area contributed by atoms with Crippen LogP contribution in [0.2, 0.25) is 0 Å². The van der Waals surface area contributed by atoms with Gasteiger partial charge in [0, 0.05) is 26.2 Å². The number of hydrazine groups is 1. The van der Waals surface area contributed by atoms with Crippen molar-refractivity contribution in [3.63, 3.8) is 0 Å². The highest BCUT2D eigenvalue weighted by atomic mass is 15.4. The minimum absolute atomic E-state index is 0.437. The van der Waals surface area contributed by atoms with Gasteiger partial charge in [-0.2, -0.15) is 15.0 Å². The lowest BCUT2D eigenvalue weighted by Gasteiger charge is -2.23. The topological polar surface area (TPSA) is 83.2 Å². The molecule has 0 amide bonds. The summed E-state index contributed by atoms with van der Waals surface area (Å²) in [5.41, 5.74) is 2.55. The molecule has 0 aliphatic carbocycles. The highest BCUT2D eigenvalue weighted by Gasteiger charge is 2.18. The Morgan fingerprint density at radius 2 is 1.95 bits per heavy atom. The number of nitrogens with one attached hydrogen (secondary N) is 1. The molecule has 0 radical (unpaired) electrons. The van der Waals surface area contributed by atoms with Gasteiger partial charge in [-0.25, -0.2) is 5.84 Å². The minimum Gasteiger partial charge on any atom is -0.341 e. The van der Waals surface area contributed by atoms with Crippen LogP contribution in [-0.4, -0.2) is 41.1 Å². The van der Waals surface area contributed by atoms with E-state index in [0.717, 1.165) is 45.0 Å². The SMILES string of the molecule is CCCCN(CC)c1nc(NN)nc(N2CCCC2)n1. The molecule has 0 spiro atoms. The van der Waals surface area contributed by atoms with E-state index in [4.69, 9.17) is 5.84 Å². The fourth-order valence-electron chi connectivity index (χ4n) is 2.37. The van der Waals surface area contributed by atoms with Gasteiger partial charge < -0.3 is 9.80 Å². The van der Waals surface area contributed by atoms with Crippen molar-refractivity contribution in [2.24, 2.45) is 5.84 Å². The number of anilines is 3. The van der Waals surface area contributed by atoms with Crippen LogP contribution in [0, 0.1) is 0 Å². The van der Waals surface area contributed by atoms with Gasteiger partial charge >= 0.3 is 0 Å². The summed E-state index contributed by atoms with van der Waals surface area (Å²) in [5, 5.41) is 0. The summed E-state index contributed by atoms with van der Waals surface area (Å²) in [6.45, 7) is 8.16. The number of unbranched alkanes of at least 4 members (excludes halogenated alkanes) is 1. The minimum atomic E-state index is 0.437. The molecule has 1 aromatic heterocycles. The molecule has 1 aromatic rings. The Morgan fingerprint density at radius 1 is 1.20 bits per heavy atom. The number of rotatable bonds is 7. The maximum atomic E-state index is 5.49. The van der Waals surface area contributed by atoms with Crippen LogP contribution in [0.25, 0.3) is 0 Å². The molecule has 0 bridgehead atoms. The molecule has 7 nitrogen and oxygen atoms in total. The van der Waals surface area contributed by atoms with Crippen LogP contribution in [-0.2, 0) is 0 Å². The number of aromatic nitrogens is 3. The Balaban J connectivity index is 2.23. The van der Waals surface area contributed by atoms with Crippen molar-refractivity contribution in [2.45, 2.75) is 39.5 Å². The summed E-state index contributed by atoms with van der Waals surface area (Å²) < 4.78 is 0. The lowest BCUT2D eigenvalue weighted by molar-refractivity contribution is 0.709. The van der Waals surface area contributed by atoms with E-state index in [2.05, 4.69) is 44.0 Å². The third kappa shape index (κ3) is 3.47. The van der Waals surface area contributed by atoms with Crippen molar-refractivity contribution < 1.29 is 0 Å².